The Hall–Kier alpha value is -1.95. The molecule has 0 unspecified atom stereocenters. The number of hydrogen-bond donors (Lipinski definition) is 0. The van der Waals surface area contributed by atoms with Gasteiger partial charge < -0.3 is 9.90 Å². The minimum atomic E-state index is -1.16. The number of carboxylic acid groups (broad SMARTS) is 1. The maximum Gasteiger partial charge on any atom is 1.00 e. The normalized spacial score (nSPS) is 10.6. The Morgan fingerprint density at radius 2 is 0.943 bits per heavy atom. The van der Waals surface area contributed by atoms with Crippen molar-refractivity contribution >= 4 is 29.1 Å². The molecule has 0 fully saturated rings. The van der Waals surface area contributed by atoms with E-state index in [4.69, 9.17) is 0 Å². The second-order valence-corrected chi connectivity index (χ2v) is 9.54. The fourth-order valence-electron chi connectivity index (χ4n) is 5.44. The number of aromatic carboxylic acids is 1. The average Bonchev–Trinajstić information content (AvgIpc) is 2.77. The van der Waals surface area contributed by atoms with E-state index in [0.29, 0.717) is 0 Å². The SMILES string of the molecule is Cc1cc(C)c(B(c2ccc(-c3ccc(C(=O)[O-])cc3)cc2)c2c(C)cc(C)cc2C)c(C)c1.[K+]. The van der Waals surface area contributed by atoms with E-state index in [-0.39, 0.29) is 63.7 Å². The third kappa shape index (κ3) is 5.90. The van der Waals surface area contributed by atoms with Gasteiger partial charge >= 0.3 is 51.4 Å². The van der Waals surface area contributed by atoms with Crippen molar-refractivity contribution in [3.05, 3.63) is 112 Å². The van der Waals surface area contributed by atoms with Crippen LogP contribution in [0.2, 0.25) is 0 Å². The van der Waals surface area contributed by atoms with Gasteiger partial charge in [0.25, 0.3) is 0 Å². The third-order valence-electron chi connectivity index (χ3n) is 6.75. The van der Waals surface area contributed by atoms with Gasteiger partial charge in [-0.2, -0.15) is 0 Å². The molecule has 0 saturated carbocycles. The van der Waals surface area contributed by atoms with E-state index in [9.17, 15) is 9.90 Å². The van der Waals surface area contributed by atoms with Gasteiger partial charge in [0.05, 0.1) is 5.97 Å². The van der Waals surface area contributed by atoms with Gasteiger partial charge in [-0.15, -0.1) is 0 Å². The molecule has 0 saturated heterocycles. The molecule has 0 aliphatic carbocycles. The van der Waals surface area contributed by atoms with Crippen molar-refractivity contribution in [2.24, 2.45) is 0 Å². The van der Waals surface area contributed by atoms with Crippen molar-refractivity contribution in [3.8, 4) is 11.1 Å². The molecule has 170 valence electrons. The van der Waals surface area contributed by atoms with Crippen molar-refractivity contribution in [2.45, 2.75) is 41.5 Å². The van der Waals surface area contributed by atoms with Crippen LogP contribution in [-0.4, -0.2) is 12.7 Å². The number of rotatable bonds is 5. The van der Waals surface area contributed by atoms with Crippen molar-refractivity contribution in [1.82, 2.24) is 0 Å². The second kappa shape index (κ2) is 11.4. The predicted molar refractivity (Wildman–Crippen MR) is 142 cm³/mol. The molecule has 0 atom stereocenters. The third-order valence-corrected chi connectivity index (χ3v) is 6.75. The molecule has 0 bridgehead atoms. The van der Waals surface area contributed by atoms with Crippen LogP contribution >= 0.6 is 0 Å². The first-order valence-electron chi connectivity index (χ1n) is 11.7. The zero-order chi connectivity index (χ0) is 24.6. The molecular formula is C31H30BKO2. The Labute approximate surface area is 252 Å². The maximum absolute atomic E-state index is 11.1. The first kappa shape index (κ1) is 27.6. The quantitative estimate of drug-likeness (QED) is 0.398. The standard InChI is InChI=1S/C31H31BO2.K/c1-19-15-21(3)29(22(4)16-19)32(30-23(5)17-20(2)18-24(30)6)28-13-11-26(12-14-28)25-7-9-27(10-8-25)31(33)34;/h7-18H,1-6H3,(H,33,34);/q;+1/p-1. The summed E-state index contributed by atoms with van der Waals surface area (Å²) in [6.07, 6.45) is 0. The number of aryl methyl sites for hydroxylation is 6. The minimum Gasteiger partial charge on any atom is -0.545 e. The van der Waals surface area contributed by atoms with Crippen molar-refractivity contribution in [1.29, 1.82) is 0 Å². The number of carboxylic acids is 1. The molecule has 0 amide bonds. The summed E-state index contributed by atoms with van der Waals surface area (Å²) in [5.74, 6) is -1.16. The molecule has 4 aromatic rings. The van der Waals surface area contributed by atoms with Crippen LogP contribution in [0.15, 0.2) is 72.8 Å². The van der Waals surface area contributed by atoms with Crippen molar-refractivity contribution < 1.29 is 61.3 Å². The number of carbonyl (C=O) groups is 1. The monoisotopic (exact) mass is 484 g/mol. The molecule has 0 aliphatic rings. The van der Waals surface area contributed by atoms with Gasteiger partial charge in [-0.3, -0.25) is 0 Å². The number of carbonyl (C=O) groups excluding carboxylic acids is 1. The molecule has 4 heteroatoms. The molecule has 0 N–H and O–H groups in total. The molecular weight excluding hydrogens is 454 g/mol. The number of benzene rings is 4. The smallest absolute Gasteiger partial charge is 0.545 e. The van der Waals surface area contributed by atoms with E-state index < -0.39 is 5.97 Å². The fraction of sp³-hybridized carbons (Fsp3) is 0.194. The zero-order valence-corrected chi connectivity index (χ0v) is 24.9. The summed E-state index contributed by atoms with van der Waals surface area (Å²) in [5, 5.41) is 11.1. The van der Waals surface area contributed by atoms with Gasteiger partial charge in [0, 0.05) is 0 Å². The molecule has 0 spiro atoms. The average molecular weight is 484 g/mol. The Kier molecular flexibility index (Phi) is 9.01. The predicted octanol–water partition coefficient (Wildman–Crippen LogP) is 1.09. The largest absolute Gasteiger partial charge is 1.00 e. The second-order valence-electron chi connectivity index (χ2n) is 9.54. The van der Waals surface area contributed by atoms with Gasteiger partial charge in [0.1, 0.15) is 0 Å². The molecule has 0 aromatic heterocycles. The van der Waals surface area contributed by atoms with Crippen molar-refractivity contribution in [3.63, 3.8) is 0 Å². The molecule has 4 aromatic carbocycles. The van der Waals surface area contributed by atoms with E-state index in [1.54, 1.807) is 12.1 Å². The summed E-state index contributed by atoms with van der Waals surface area (Å²) in [6.45, 7) is 13.3. The summed E-state index contributed by atoms with van der Waals surface area (Å²) in [4.78, 5) is 11.1. The topological polar surface area (TPSA) is 40.1 Å². The van der Waals surface area contributed by atoms with Crippen LogP contribution < -0.4 is 72.9 Å². The summed E-state index contributed by atoms with van der Waals surface area (Å²) in [7, 11) is 0. The van der Waals surface area contributed by atoms with Crippen LogP contribution in [0.1, 0.15) is 43.7 Å². The minimum absolute atomic E-state index is 0. The molecule has 0 radical (unpaired) electrons. The van der Waals surface area contributed by atoms with Crippen molar-refractivity contribution in [2.75, 3.05) is 0 Å². The Bertz CT molecular complexity index is 1270. The Morgan fingerprint density at radius 3 is 1.29 bits per heavy atom. The van der Waals surface area contributed by atoms with Crippen LogP contribution in [0.3, 0.4) is 0 Å². The van der Waals surface area contributed by atoms with Gasteiger partial charge in [0.15, 0.2) is 0 Å². The molecule has 0 heterocycles. The van der Waals surface area contributed by atoms with E-state index in [0.717, 1.165) is 11.1 Å². The van der Waals surface area contributed by atoms with E-state index >= 15 is 0 Å². The summed E-state index contributed by atoms with van der Waals surface area (Å²) in [5.41, 5.74) is 14.0. The van der Waals surface area contributed by atoms with Crippen LogP contribution in [0.25, 0.3) is 11.1 Å². The molecule has 0 aliphatic heterocycles. The molecule has 35 heavy (non-hydrogen) atoms. The first-order chi connectivity index (χ1) is 16.2. The maximum atomic E-state index is 11.1. The van der Waals surface area contributed by atoms with Crippen LogP contribution in [-0.2, 0) is 0 Å². The summed E-state index contributed by atoms with van der Waals surface area (Å²) < 4.78 is 0. The molecule has 4 rings (SSSR count). The van der Waals surface area contributed by atoms with Gasteiger partial charge in [-0.25, -0.2) is 0 Å². The van der Waals surface area contributed by atoms with E-state index in [2.05, 4.69) is 90.1 Å². The van der Waals surface area contributed by atoms with Gasteiger partial charge in [-0.1, -0.05) is 123 Å². The fourth-order valence-corrected chi connectivity index (χ4v) is 5.44. The summed E-state index contributed by atoms with van der Waals surface area (Å²) in [6, 6.07) is 24.7. The van der Waals surface area contributed by atoms with E-state index in [1.807, 2.05) is 12.1 Å². The number of hydrogen-bond acceptors (Lipinski definition) is 2. The van der Waals surface area contributed by atoms with Gasteiger partial charge in [0.2, 0.25) is 6.71 Å². The van der Waals surface area contributed by atoms with Gasteiger partial charge in [-0.05, 0) is 58.2 Å². The molecule has 2 nitrogen and oxygen atoms in total. The Morgan fingerprint density at radius 1 is 0.600 bits per heavy atom. The van der Waals surface area contributed by atoms with Crippen LogP contribution in [0, 0.1) is 41.5 Å². The van der Waals surface area contributed by atoms with Crippen LogP contribution in [0.5, 0.6) is 0 Å². The summed E-state index contributed by atoms with van der Waals surface area (Å²) >= 11 is 0. The van der Waals surface area contributed by atoms with Crippen LogP contribution in [0.4, 0.5) is 0 Å². The van der Waals surface area contributed by atoms with E-state index in [1.165, 1.54) is 49.8 Å². The first-order valence-corrected chi connectivity index (χ1v) is 11.7. The zero-order valence-electron chi connectivity index (χ0n) is 21.8. The Balaban J connectivity index is 0.00000342.